The molecule has 2 heterocycles. The van der Waals surface area contributed by atoms with Crippen molar-refractivity contribution in [3.05, 3.63) is 12.7 Å². The number of esters is 1. The summed E-state index contributed by atoms with van der Waals surface area (Å²) in [5.74, 6) is -1.50. The van der Waals surface area contributed by atoms with Crippen LogP contribution in [0.2, 0.25) is 0 Å². The molecule has 0 bridgehead atoms. The van der Waals surface area contributed by atoms with Crippen LogP contribution in [-0.4, -0.2) is 42.1 Å². The number of ether oxygens (including phenoxy) is 4. The Bertz CT molecular complexity index is 520. The molecule has 0 saturated carbocycles. The Hall–Kier alpha value is -1.24. The van der Waals surface area contributed by atoms with E-state index < -0.39 is 41.3 Å². The second-order valence-electron chi connectivity index (χ2n) is 8.01. The van der Waals surface area contributed by atoms with Crippen LogP contribution < -0.4 is 0 Å². The lowest BCUT2D eigenvalue weighted by Crippen LogP contribution is -2.53. The minimum Gasteiger partial charge on any atom is -0.458 e. The molecule has 0 aromatic heterocycles. The van der Waals surface area contributed by atoms with Gasteiger partial charge in [-0.2, -0.15) is 0 Å². The van der Waals surface area contributed by atoms with Gasteiger partial charge >= 0.3 is 5.97 Å². The maximum atomic E-state index is 12.3. The summed E-state index contributed by atoms with van der Waals surface area (Å²) in [6.07, 6.45) is 0.775. The van der Waals surface area contributed by atoms with Gasteiger partial charge in [-0.25, -0.2) is 0 Å². The van der Waals surface area contributed by atoms with Gasteiger partial charge in [0, 0.05) is 12.3 Å². The van der Waals surface area contributed by atoms with Crippen LogP contribution in [0.3, 0.4) is 0 Å². The molecule has 6 nitrogen and oxygen atoms in total. The molecule has 2 aliphatic heterocycles. The Kier molecular flexibility index (Phi) is 4.97. The largest absolute Gasteiger partial charge is 0.458 e. The third-order valence-corrected chi connectivity index (χ3v) is 4.54. The van der Waals surface area contributed by atoms with Gasteiger partial charge in [-0.1, -0.05) is 13.0 Å². The average Bonchev–Trinajstić information content (AvgIpc) is 2.89. The smallest absolute Gasteiger partial charge is 0.311 e. The Morgan fingerprint density at radius 3 is 2.38 bits per heavy atom. The van der Waals surface area contributed by atoms with Crippen LogP contribution in [0.4, 0.5) is 0 Å². The summed E-state index contributed by atoms with van der Waals surface area (Å²) in [5, 5.41) is 0. The molecule has 136 valence electrons. The zero-order valence-electron chi connectivity index (χ0n) is 15.3. The number of hydrogen-bond donors (Lipinski definition) is 0. The predicted molar refractivity (Wildman–Crippen MR) is 87.0 cm³/mol. The number of carbonyl (C=O) groups excluding carboxylic acids is 2. The zero-order valence-corrected chi connectivity index (χ0v) is 15.3. The minimum absolute atomic E-state index is 0.299. The van der Waals surface area contributed by atoms with Crippen molar-refractivity contribution in [2.75, 3.05) is 0 Å². The minimum atomic E-state index is -1.32. The summed E-state index contributed by atoms with van der Waals surface area (Å²) in [6.45, 7) is 14.4. The lowest BCUT2D eigenvalue weighted by atomic mass is 9.82. The molecule has 2 rings (SSSR count). The Morgan fingerprint density at radius 1 is 1.29 bits per heavy atom. The first-order chi connectivity index (χ1) is 11.0. The second-order valence-corrected chi connectivity index (χ2v) is 8.01. The van der Waals surface area contributed by atoms with Crippen molar-refractivity contribution in [2.24, 2.45) is 11.3 Å². The zero-order chi connectivity index (χ0) is 18.3. The van der Waals surface area contributed by atoms with Crippen LogP contribution >= 0.6 is 0 Å². The summed E-state index contributed by atoms with van der Waals surface area (Å²) >= 11 is 0. The molecule has 6 heteroatoms. The molecule has 0 radical (unpaired) electrons. The van der Waals surface area contributed by atoms with E-state index in [1.807, 2.05) is 6.92 Å². The first kappa shape index (κ1) is 19.1. The van der Waals surface area contributed by atoms with E-state index in [9.17, 15) is 9.59 Å². The normalized spacial score (nSPS) is 36.0. The molecule has 0 spiro atoms. The van der Waals surface area contributed by atoms with Crippen LogP contribution in [-0.2, 0) is 28.5 Å². The number of carbonyl (C=O) groups is 2. The van der Waals surface area contributed by atoms with Crippen LogP contribution in [0.15, 0.2) is 12.7 Å². The van der Waals surface area contributed by atoms with Crippen molar-refractivity contribution < 1.29 is 28.5 Å². The topological polar surface area (TPSA) is 71.1 Å². The molecule has 2 fully saturated rings. The van der Waals surface area contributed by atoms with Gasteiger partial charge in [-0.15, -0.1) is 6.58 Å². The van der Waals surface area contributed by atoms with E-state index in [4.69, 9.17) is 18.9 Å². The van der Waals surface area contributed by atoms with Gasteiger partial charge in [0.25, 0.3) is 0 Å². The van der Waals surface area contributed by atoms with Gasteiger partial charge < -0.3 is 18.9 Å². The molecule has 2 saturated heterocycles. The number of rotatable bonds is 5. The second kappa shape index (κ2) is 6.24. The van der Waals surface area contributed by atoms with E-state index in [-0.39, 0.29) is 5.92 Å². The van der Waals surface area contributed by atoms with Crippen LogP contribution in [0, 0.1) is 11.3 Å². The fraction of sp³-hybridized carbons (Fsp3) is 0.778. The molecular formula is C18H28O6. The standard InChI is InChI=1S/C18H28O6/c1-8-9-12(21-15(20)16(3,4)5)18(10-19)11(2)13-14(24-18)23-17(6,7)22-13/h8,10-14H,1,9H2,2-7H3/t11-,12+,13-,14+,18+/m1/s1. The SMILES string of the molecule is C=CC[C@H](OC(=O)C(C)(C)C)[C@@]1(C=O)O[C@@H]2OC(C)(C)O[C@@H]2[C@H]1C. The highest BCUT2D eigenvalue weighted by molar-refractivity contribution is 5.76. The first-order valence-electron chi connectivity index (χ1n) is 8.28. The van der Waals surface area contributed by atoms with E-state index in [0.29, 0.717) is 12.7 Å². The summed E-state index contributed by atoms with van der Waals surface area (Å²) < 4.78 is 23.2. The summed E-state index contributed by atoms with van der Waals surface area (Å²) in [7, 11) is 0. The van der Waals surface area contributed by atoms with Gasteiger partial charge in [0.2, 0.25) is 0 Å². The molecular weight excluding hydrogens is 312 g/mol. The third-order valence-electron chi connectivity index (χ3n) is 4.54. The van der Waals surface area contributed by atoms with E-state index in [1.54, 1.807) is 40.7 Å². The lowest BCUT2D eigenvalue weighted by molar-refractivity contribution is -0.245. The van der Waals surface area contributed by atoms with Crippen LogP contribution in [0.1, 0.15) is 48.0 Å². The van der Waals surface area contributed by atoms with Crippen LogP contribution in [0.25, 0.3) is 0 Å². The molecule has 0 aliphatic carbocycles. The lowest BCUT2D eigenvalue weighted by Gasteiger charge is -2.37. The first-order valence-corrected chi connectivity index (χ1v) is 8.28. The maximum Gasteiger partial charge on any atom is 0.311 e. The van der Waals surface area contributed by atoms with E-state index >= 15 is 0 Å². The van der Waals surface area contributed by atoms with Crippen molar-refractivity contribution in [3.63, 3.8) is 0 Å². The van der Waals surface area contributed by atoms with Crippen LogP contribution in [0.5, 0.6) is 0 Å². The van der Waals surface area contributed by atoms with Crippen molar-refractivity contribution in [1.82, 2.24) is 0 Å². The third kappa shape index (κ3) is 3.27. The van der Waals surface area contributed by atoms with Gasteiger partial charge in [0.05, 0.1) is 5.41 Å². The maximum absolute atomic E-state index is 12.3. The van der Waals surface area contributed by atoms with Gasteiger partial charge in [-0.05, 0) is 34.6 Å². The fourth-order valence-electron chi connectivity index (χ4n) is 3.11. The highest BCUT2D eigenvalue weighted by atomic mass is 16.8. The van der Waals surface area contributed by atoms with Crippen molar-refractivity contribution in [1.29, 1.82) is 0 Å². The summed E-state index contributed by atoms with van der Waals surface area (Å²) in [6, 6.07) is 0. The highest BCUT2D eigenvalue weighted by Gasteiger charge is 2.63. The number of fused-ring (bicyclic) bond motifs is 1. The van der Waals surface area contributed by atoms with E-state index in [2.05, 4.69) is 6.58 Å². The number of aldehydes is 1. The molecule has 0 amide bonds. The fourth-order valence-corrected chi connectivity index (χ4v) is 3.11. The van der Waals surface area contributed by atoms with Crippen molar-refractivity contribution >= 4 is 12.3 Å². The van der Waals surface area contributed by atoms with Crippen molar-refractivity contribution in [2.45, 2.75) is 77.8 Å². The molecule has 24 heavy (non-hydrogen) atoms. The molecule has 0 N–H and O–H groups in total. The van der Waals surface area contributed by atoms with E-state index in [1.165, 1.54) is 0 Å². The molecule has 0 aromatic rings. The van der Waals surface area contributed by atoms with Gasteiger partial charge in [0.1, 0.15) is 12.2 Å². The number of hydrogen-bond acceptors (Lipinski definition) is 6. The molecule has 0 aromatic carbocycles. The highest BCUT2D eigenvalue weighted by Crippen LogP contribution is 2.47. The van der Waals surface area contributed by atoms with Gasteiger partial charge in [0.15, 0.2) is 24.0 Å². The summed E-state index contributed by atoms with van der Waals surface area (Å²) in [5.41, 5.74) is -2.00. The Balaban J connectivity index is 2.28. The van der Waals surface area contributed by atoms with Crippen molar-refractivity contribution in [3.8, 4) is 0 Å². The molecule has 2 aliphatic rings. The quantitative estimate of drug-likeness (QED) is 0.435. The Labute approximate surface area is 143 Å². The van der Waals surface area contributed by atoms with Gasteiger partial charge in [-0.3, -0.25) is 9.59 Å². The molecule has 0 unspecified atom stereocenters. The van der Waals surface area contributed by atoms with E-state index in [0.717, 1.165) is 0 Å². The summed E-state index contributed by atoms with van der Waals surface area (Å²) in [4.78, 5) is 24.3. The predicted octanol–water partition coefficient (Wildman–Crippen LogP) is 2.60. The monoisotopic (exact) mass is 340 g/mol. The average molecular weight is 340 g/mol. The molecule has 5 atom stereocenters. The Morgan fingerprint density at radius 2 is 1.92 bits per heavy atom.